The van der Waals surface area contributed by atoms with E-state index in [2.05, 4.69) is 10.4 Å². The van der Waals surface area contributed by atoms with E-state index in [1.54, 1.807) is 0 Å². The van der Waals surface area contributed by atoms with Crippen molar-refractivity contribution in [3.63, 3.8) is 0 Å². The number of nitrogens with one attached hydrogen (secondary N) is 1. The molecule has 0 fully saturated rings. The molecule has 0 aliphatic carbocycles. The van der Waals surface area contributed by atoms with E-state index >= 15 is 0 Å². The molecule has 1 rings (SSSR count). The number of aryl methyl sites for hydroxylation is 1. The van der Waals surface area contributed by atoms with E-state index in [1.165, 1.54) is 19.2 Å². The average Bonchev–Trinajstić information content (AvgIpc) is 2.28. The smallest absolute Gasteiger partial charge is 0.271 e. The number of allylic oxidation sites excluding steroid dienone is 1. The number of hydrogen-bond acceptors (Lipinski definition) is 3. The zero-order valence-corrected chi connectivity index (χ0v) is 9.43. The van der Waals surface area contributed by atoms with Crippen molar-refractivity contribution in [2.24, 2.45) is 7.05 Å². The van der Waals surface area contributed by atoms with E-state index < -0.39 is 0 Å². The second kappa shape index (κ2) is 5.85. The summed E-state index contributed by atoms with van der Waals surface area (Å²) >= 11 is 0. The summed E-state index contributed by atoms with van der Waals surface area (Å²) in [4.78, 5) is 22.6. The molecule has 1 aromatic rings. The molecule has 1 N–H and O–H groups in total. The van der Waals surface area contributed by atoms with Gasteiger partial charge in [0, 0.05) is 19.7 Å². The van der Waals surface area contributed by atoms with Crippen LogP contribution < -0.4 is 10.9 Å². The fraction of sp³-hybridized carbons (Fsp3) is 0.364. The van der Waals surface area contributed by atoms with Crippen molar-refractivity contribution in [3.8, 4) is 0 Å². The average molecular weight is 221 g/mol. The van der Waals surface area contributed by atoms with E-state index in [0.717, 1.165) is 11.1 Å². The third kappa shape index (κ3) is 3.34. The quantitative estimate of drug-likeness (QED) is 0.594. The van der Waals surface area contributed by atoms with Crippen molar-refractivity contribution in [1.82, 2.24) is 15.1 Å². The largest absolute Gasteiger partial charge is 0.350 e. The zero-order valence-electron chi connectivity index (χ0n) is 9.43. The molecule has 0 aliphatic rings. The van der Waals surface area contributed by atoms with Crippen molar-refractivity contribution >= 4 is 5.91 Å². The highest BCUT2D eigenvalue weighted by Gasteiger charge is 2.06. The summed E-state index contributed by atoms with van der Waals surface area (Å²) in [7, 11) is 1.51. The monoisotopic (exact) mass is 221 g/mol. The van der Waals surface area contributed by atoms with Crippen molar-refractivity contribution in [2.45, 2.75) is 13.3 Å². The van der Waals surface area contributed by atoms with E-state index in [4.69, 9.17) is 0 Å². The lowest BCUT2D eigenvalue weighted by Gasteiger charge is -2.03. The maximum Gasteiger partial charge on any atom is 0.271 e. The van der Waals surface area contributed by atoms with Gasteiger partial charge in [-0.05, 0) is 19.4 Å². The fourth-order valence-corrected chi connectivity index (χ4v) is 1.15. The molecule has 0 saturated heterocycles. The molecule has 86 valence electrons. The number of carbonyl (C=O) groups is 1. The Bertz CT molecular complexity index is 449. The van der Waals surface area contributed by atoms with Crippen LogP contribution in [0.4, 0.5) is 0 Å². The molecule has 0 atom stereocenters. The molecule has 0 aliphatic heterocycles. The molecule has 0 saturated carbocycles. The van der Waals surface area contributed by atoms with Gasteiger partial charge in [-0.3, -0.25) is 9.59 Å². The summed E-state index contributed by atoms with van der Waals surface area (Å²) in [5.74, 6) is -0.264. The first-order valence-corrected chi connectivity index (χ1v) is 5.09. The summed E-state index contributed by atoms with van der Waals surface area (Å²) in [6.45, 7) is 2.49. The first kappa shape index (κ1) is 12.2. The van der Waals surface area contributed by atoms with Gasteiger partial charge in [-0.25, -0.2) is 4.68 Å². The van der Waals surface area contributed by atoms with Crippen molar-refractivity contribution in [2.75, 3.05) is 6.54 Å². The Hall–Kier alpha value is -1.91. The Balaban J connectivity index is 2.59. The van der Waals surface area contributed by atoms with Gasteiger partial charge in [0.15, 0.2) is 0 Å². The second-order valence-electron chi connectivity index (χ2n) is 3.29. The predicted octanol–water partition coefficient (Wildman–Crippen LogP) is 0.476. The number of hydrogen-bond donors (Lipinski definition) is 1. The molecular formula is C11H15N3O2. The minimum Gasteiger partial charge on any atom is -0.350 e. The van der Waals surface area contributed by atoms with Crippen LogP contribution >= 0.6 is 0 Å². The Labute approximate surface area is 93.8 Å². The molecule has 16 heavy (non-hydrogen) atoms. The van der Waals surface area contributed by atoms with Gasteiger partial charge in [-0.2, -0.15) is 5.10 Å². The highest BCUT2D eigenvalue weighted by Crippen LogP contribution is 1.90. The zero-order chi connectivity index (χ0) is 12.0. The standard InChI is InChI=1S/C11H15N3O2/c1-3-4-5-8-12-11(16)9-6-7-10(15)14(2)13-9/h3-4,6-7H,5,8H2,1-2H3,(H,12,16)/b4-3+. The van der Waals surface area contributed by atoms with Gasteiger partial charge >= 0.3 is 0 Å². The topological polar surface area (TPSA) is 64.0 Å². The molecule has 0 bridgehead atoms. The maximum absolute atomic E-state index is 11.6. The van der Waals surface area contributed by atoms with Gasteiger partial charge in [-0.15, -0.1) is 0 Å². The third-order valence-corrected chi connectivity index (χ3v) is 2.03. The van der Waals surface area contributed by atoms with Crippen LogP contribution in [0.3, 0.4) is 0 Å². The van der Waals surface area contributed by atoms with Gasteiger partial charge in [-0.1, -0.05) is 12.2 Å². The SMILES string of the molecule is C/C=C/CCNC(=O)c1ccc(=O)n(C)n1. The van der Waals surface area contributed by atoms with E-state index in [-0.39, 0.29) is 17.2 Å². The number of amides is 1. The number of nitrogens with zero attached hydrogens (tertiary/aromatic N) is 2. The lowest BCUT2D eigenvalue weighted by atomic mass is 10.3. The minimum atomic E-state index is -0.264. The van der Waals surface area contributed by atoms with Gasteiger partial charge in [0.25, 0.3) is 11.5 Å². The van der Waals surface area contributed by atoms with Crippen LogP contribution in [0.2, 0.25) is 0 Å². The molecule has 0 spiro atoms. The van der Waals surface area contributed by atoms with E-state index in [0.29, 0.717) is 6.54 Å². The Kier molecular flexibility index (Phi) is 4.44. The van der Waals surface area contributed by atoms with Crippen LogP contribution in [0.15, 0.2) is 29.1 Å². The Morgan fingerprint density at radius 3 is 2.94 bits per heavy atom. The van der Waals surface area contributed by atoms with Crippen LogP contribution in [-0.2, 0) is 7.05 Å². The van der Waals surface area contributed by atoms with Crippen molar-refractivity contribution in [1.29, 1.82) is 0 Å². The van der Waals surface area contributed by atoms with E-state index in [9.17, 15) is 9.59 Å². The molecule has 1 aromatic heterocycles. The van der Waals surface area contributed by atoms with Crippen molar-refractivity contribution < 1.29 is 4.79 Å². The molecule has 1 heterocycles. The highest BCUT2D eigenvalue weighted by molar-refractivity contribution is 5.91. The van der Waals surface area contributed by atoms with Crippen LogP contribution in [0.25, 0.3) is 0 Å². The Morgan fingerprint density at radius 1 is 1.56 bits per heavy atom. The van der Waals surface area contributed by atoms with Gasteiger partial charge < -0.3 is 5.32 Å². The highest BCUT2D eigenvalue weighted by atomic mass is 16.2. The first-order valence-electron chi connectivity index (χ1n) is 5.09. The van der Waals surface area contributed by atoms with Gasteiger partial charge in [0.2, 0.25) is 0 Å². The van der Waals surface area contributed by atoms with Crippen LogP contribution in [0.5, 0.6) is 0 Å². The maximum atomic E-state index is 11.6. The summed E-state index contributed by atoms with van der Waals surface area (Å²) in [5, 5.41) is 6.56. The molecule has 5 nitrogen and oxygen atoms in total. The predicted molar refractivity (Wildman–Crippen MR) is 61.2 cm³/mol. The summed E-state index contributed by atoms with van der Waals surface area (Å²) in [6.07, 6.45) is 4.68. The number of carbonyl (C=O) groups excluding carboxylic acids is 1. The van der Waals surface area contributed by atoms with Gasteiger partial charge in [0.1, 0.15) is 5.69 Å². The normalized spacial score (nSPS) is 10.6. The Morgan fingerprint density at radius 2 is 2.31 bits per heavy atom. The first-order chi connectivity index (χ1) is 7.65. The second-order valence-corrected chi connectivity index (χ2v) is 3.29. The molecule has 1 amide bonds. The molecule has 0 radical (unpaired) electrons. The minimum absolute atomic E-state index is 0.231. The van der Waals surface area contributed by atoms with E-state index in [1.807, 2.05) is 19.1 Å². The summed E-state index contributed by atoms with van der Waals surface area (Å²) in [5.41, 5.74) is 0.0213. The van der Waals surface area contributed by atoms with Crippen LogP contribution in [0.1, 0.15) is 23.8 Å². The molecule has 0 aromatic carbocycles. The van der Waals surface area contributed by atoms with Gasteiger partial charge in [0.05, 0.1) is 0 Å². The molecule has 5 heteroatoms. The van der Waals surface area contributed by atoms with Crippen LogP contribution in [0, 0.1) is 0 Å². The number of aromatic nitrogens is 2. The summed E-state index contributed by atoms with van der Waals surface area (Å²) in [6, 6.07) is 2.75. The lowest BCUT2D eigenvalue weighted by molar-refractivity contribution is 0.0947. The van der Waals surface area contributed by atoms with Crippen molar-refractivity contribution in [3.05, 3.63) is 40.3 Å². The number of rotatable bonds is 4. The summed E-state index contributed by atoms with van der Waals surface area (Å²) < 4.78 is 1.14. The third-order valence-electron chi connectivity index (χ3n) is 2.03. The molecular weight excluding hydrogens is 206 g/mol. The lowest BCUT2D eigenvalue weighted by Crippen LogP contribution is -2.28. The molecule has 0 unspecified atom stereocenters. The fourth-order valence-electron chi connectivity index (χ4n) is 1.15. The van der Waals surface area contributed by atoms with Crippen LogP contribution in [-0.4, -0.2) is 22.2 Å².